The Morgan fingerprint density at radius 1 is 0.811 bits per heavy atom. The monoisotopic (exact) mass is 532 g/mol. The van der Waals surface area contributed by atoms with Crippen molar-refractivity contribution in [1.29, 1.82) is 0 Å². The molecule has 1 aliphatic heterocycles. The normalized spacial score (nSPS) is 27.8. The second-order valence-corrected chi connectivity index (χ2v) is 11.0. The van der Waals surface area contributed by atoms with Gasteiger partial charge in [0.15, 0.2) is 5.78 Å². The minimum Gasteiger partial charge on any atom is -0.324 e. The fraction of sp³-hybridized carbons (Fsp3) is 0.241. The first-order valence-electron chi connectivity index (χ1n) is 12.0. The third kappa shape index (κ3) is 3.00. The fourth-order valence-electron chi connectivity index (χ4n) is 6.25. The van der Waals surface area contributed by atoms with Gasteiger partial charge in [0.25, 0.3) is 0 Å². The van der Waals surface area contributed by atoms with Crippen molar-refractivity contribution in [3.8, 4) is 0 Å². The molecule has 2 bridgehead atoms. The molecule has 0 radical (unpaired) electrons. The molecule has 3 amide bonds. The van der Waals surface area contributed by atoms with E-state index in [4.69, 9.17) is 23.2 Å². The molecule has 37 heavy (non-hydrogen) atoms. The van der Waals surface area contributed by atoms with E-state index in [1.165, 1.54) is 13.8 Å². The van der Waals surface area contributed by atoms with E-state index in [1.54, 1.807) is 24.3 Å². The van der Waals surface area contributed by atoms with Crippen LogP contribution in [0.15, 0.2) is 72.8 Å². The van der Waals surface area contributed by atoms with E-state index in [0.29, 0.717) is 33.5 Å². The van der Waals surface area contributed by atoms with Gasteiger partial charge in [0.1, 0.15) is 15.8 Å². The summed E-state index contributed by atoms with van der Waals surface area (Å²) in [5.74, 6) is -3.71. The molecule has 0 aromatic heterocycles. The van der Waals surface area contributed by atoms with Crippen LogP contribution in [-0.2, 0) is 24.1 Å². The van der Waals surface area contributed by atoms with Gasteiger partial charge in [-0.25, -0.2) is 0 Å². The van der Waals surface area contributed by atoms with E-state index >= 15 is 0 Å². The predicted octanol–water partition coefficient (Wildman–Crippen LogP) is 4.81. The minimum absolute atomic E-state index is 0.146. The maximum absolute atomic E-state index is 14.0. The Kier molecular flexibility index (Phi) is 5.17. The molecule has 8 heteroatoms. The molecule has 0 spiro atoms. The Bertz CT molecular complexity index is 1410. The van der Waals surface area contributed by atoms with Gasteiger partial charge in [0.05, 0.1) is 11.8 Å². The number of hydrogen-bond donors (Lipinski definition) is 1. The van der Waals surface area contributed by atoms with Crippen molar-refractivity contribution in [2.24, 2.45) is 11.8 Å². The average molecular weight is 533 g/mol. The van der Waals surface area contributed by atoms with Crippen molar-refractivity contribution in [2.75, 3.05) is 5.32 Å². The van der Waals surface area contributed by atoms with Gasteiger partial charge in [-0.3, -0.25) is 24.1 Å². The number of alkyl halides is 2. The number of likely N-dealkylation sites (tertiary alicyclic amines) is 1. The standard InChI is InChI=1S/C29H22Cl2N2O4/c1-15(25(35)32-18-9-7-8-17(14-18)16(2)34)33-26(36)23-24(27(33)37)29(31)20-11-4-3-10-19(20)28(23,30)21-12-5-6-13-22(21)29/h3-15,23-24H,1-2H3,(H,32,35)/t15-,23-,24+,28?,29?/m0/s1. The minimum atomic E-state index is -1.30. The molecule has 6 nitrogen and oxygen atoms in total. The molecule has 3 atom stereocenters. The van der Waals surface area contributed by atoms with Gasteiger partial charge < -0.3 is 5.32 Å². The number of amides is 3. The molecule has 186 valence electrons. The Balaban J connectivity index is 1.42. The molecule has 3 aromatic rings. The van der Waals surface area contributed by atoms with E-state index < -0.39 is 45.3 Å². The second-order valence-electron chi connectivity index (χ2n) is 9.82. The molecule has 0 saturated carbocycles. The number of benzene rings is 3. The molecule has 3 aliphatic carbocycles. The van der Waals surface area contributed by atoms with Crippen LogP contribution in [0, 0.1) is 11.8 Å². The Morgan fingerprint density at radius 3 is 1.70 bits per heavy atom. The van der Waals surface area contributed by atoms with Crippen LogP contribution in [-0.4, -0.2) is 34.4 Å². The number of carbonyl (C=O) groups is 4. The topological polar surface area (TPSA) is 83.6 Å². The van der Waals surface area contributed by atoms with Gasteiger partial charge in [-0.1, -0.05) is 60.7 Å². The molecule has 7 rings (SSSR count). The molecule has 1 fully saturated rings. The Hall–Kier alpha value is -3.48. The molecular formula is C29H22Cl2N2O4. The van der Waals surface area contributed by atoms with E-state index in [9.17, 15) is 19.2 Å². The van der Waals surface area contributed by atoms with Crippen LogP contribution in [0.3, 0.4) is 0 Å². The summed E-state index contributed by atoms with van der Waals surface area (Å²) >= 11 is 14.8. The van der Waals surface area contributed by atoms with Crippen molar-refractivity contribution in [3.63, 3.8) is 0 Å². The first-order valence-corrected chi connectivity index (χ1v) is 12.7. The number of ketones is 1. The summed E-state index contributed by atoms with van der Waals surface area (Å²) in [6.07, 6.45) is 0. The molecule has 1 saturated heterocycles. The van der Waals surface area contributed by atoms with Crippen LogP contribution in [0.25, 0.3) is 0 Å². The number of rotatable bonds is 4. The number of nitrogens with zero attached hydrogens (tertiary/aromatic N) is 1. The summed E-state index contributed by atoms with van der Waals surface area (Å²) in [5.41, 5.74) is 3.63. The number of halogens is 2. The zero-order chi connectivity index (χ0) is 26.3. The maximum atomic E-state index is 14.0. The van der Waals surface area contributed by atoms with Crippen LogP contribution >= 0.6 is 23.2 Å². The lowest BCUT2D eigenvalue weighted by Crippen LogP contribution is -2.57. The van der Waals surface area contributed by atoms with Crippen LogP contribution in [0.5, 0.6) is 0 Å². The molecule has 4 aliphatic rings. The average Bonchev–Trinajstić information content (AvgIpc) is 3.17. The van der Waals surface area contributed by atoms with Crippen molar-refractivity contribution in [2.45, 2.75) is 29.6 Å². The second kappa shape index (κ2) is 8.01. The number of imide groups is 1. The van der Waals surface area contributed by atoms with E-state index in [0.717, 1.165) is 4.90 Å². The zero-order valence-corrected chi connectivity index (χ0v) is 21.5. The molecule has 0 unspecified atom stereocenters. The predicted molar refractivity (Wildman–Crippen MR) is 140 cm³/mol. The Morgan fingerprint density at radius 2 is 1.27 bits per heavy atom. The quantitative estimate of drug-likeness (QED) is 0.297. The van der Waals surface area contributed by atoms with Crippen molar-refractivity contribution < 1.29 is 19.2 Å². The molecule has 3 aromatic carbocycles. The van der Waals surface area contributed by atoms with Gasteiger partial charge in [0.2, 0.25) is 17.7 Å². The lowest BCUT2D eigenvalue weighted by Gasteiger charge is -2.54. The van der Waals surface area contributed by atoms with Crippen LogP contribution < -0.4 is 5.32 Å². The molecular weight excluding hydrogens is 511 g/mol. The van der Waals surface area contributed by atoms with Crippen LogP contribution in [0.1, 0.15) is 46.5 Å². The number of carbonyl (C=O) groups excluding carboxylic acids is 4. The van der Waals surface area contributed by atoms with Crippen molar-refractivity contribution in [1.82, 2.24) is 4.90 Å². The van der Waals surface area contributed by atoms with Gasteiger partial charge in [-0.15, -0.1) is 23.2 Å². The fourth-order valence-corrected chi connectivity index (χ4v) is 7.35. The van der Waals surface area contributed by atoms with Gasteiger partial charge in [-0.05, 0) is 48.2 Å². The first-order chi connectivity index (χ1) is 17.6. The zero-order valence-electron chi connectivity index (χ0n) is 20.0. The summed E-state index contributed by atoms with van der Waals surface area (Å²) in [4.78, 5) is 51.4. The van der Waals surface area contributed by atoms with E-state index in [-0.39, 0.29) is 5.78 Å². The summed E-state index contributed by atoms with van der Waals surface area (Å²) in [6, 6.07) is 20.1. The smallest absolute Gasteiger partial charge is 0.247 e. The number of nitrogens with one attached hydrogen (secondary N) is 1. The first kappa shape index (κ1) is 23.9. The summed E-state index contributed by atoms with van der Waals surface area (Å²) in [7, 11) is 0. The maximum Gasteiger partial charge on any atom is 0.247 e. The van der Waals surface area contributed by atoms with Crippen molar-refractivity contribution in [3.05, 3.63) is 101 Å². The number of Topliss-reactive ketones (excluding diaryl/α,β-unsaturated/α-hetero) is 1. The third-order valence-corrected chi connectivity index (χ3v) is 9.21. The summed E-state index contributed by atoms with van der Waals surface area (Å²) < 4.78 is 0. The highest BCUT2D eigenvalue weighted by atomic mass is 35.5. The van der Waals surface area contributed by atoms with E-state index in [2.05, 4.69) is 5.32 Å². The van der Waals surface area contributed by atoms with Gasteiger partial charge in [-0.2, -0.15) is 0 Å². The molecule has 1 heterocycles. The van der Waals surface area contributed by atoms with Gasteiger partial charge >= 0.3 is 0 Å². The van der Waals surface area contributed by atoms with Crippen LogP contribution in [0.2, 0.25) is 0 Å². The number of hydrogen-bond acceptors (Lipinski definition) is 4. The lowest BCUT2D eigenvalue weighted by molar-refractivity contribution is -0.146. The third-order valence-electron chi connectivity index (χ3n) is 7.92. The lowest BCUT2D eigenvalue weighted by atomic mass is 9.54. The largest absolute Gasteiger partial charge is 0.324 e. The highest BCUT2D eigenvalue weighted by Crippen LogP contribution is 2.69. The highest BCUT2D eigenvalue weighted by Gasteiger charge is 2.73. The van der Waals surface area contributed by atoms with Crippen molar-refractivity contribution >= 4 is 52.4 Å². The van der Waals surface area contributed by atoms with Crippen LogP contribution in [0.4, 0.5) is 5.69 Å². The molecule has 1 N–H and O–H groups in total. The van der Waals surface area contributed by atoms with E-state index in [1.807, 2.05) is 48.5 Å². The summed E-state index contributed by atoms with van der Waals surface area (Å²) in [5, 5.41) is 2.72. The number of anilines is 1. The summed E-state index contributed by atoms with van der Waals surface area (Å²) in [6.45, 7) is 2.93. The van der Waals surface area contributed by atoms with Gasteiger partial charge in [0, 0.05) is 11.3 Å². The SMILES string of the molecule is CC(=O)c1cccc(NC(=O)[C@H](C)N2C(=O)[C@@H]3[C@H](C2=O)C2(Cl)c4ccccc4C3(Cl)c3ccccc32)c1. The highest BCUT2D eigenvalue weighted by molar-refractivity contribution is 6.36. The Labute approximate surface area is 223 Å².